The van der Waals surface area contributed by atoms with Crippen molar-refractivity contribution in [3.8, 4) is 0 Å². The molecule has 0 spiro atoms. The molecular formula is C12H24ClNO. The normalized spacial score (nSPS) is 23.0. The average Bonchev–Trinajstić information content (AvgIpc) is 2.19. The van der Waals surface area contributed by atoms with Crippen molar-refractivity contribution in [2.45, 2.75) is 45.6 Å². The van der Waals surface area contributed by atoms with Gasteiger partial charge in [-0.2, -0.15) is 0 Å². The highest BCUT2D eigenvalue weighted by atomic mass is 35.5. The molecule has 90 valence electrons. The van der Waals surface area contributed by atoms with Gasteiger partial charge in [0.25, 0.3) is 0 Å². The van der Waals surface area contributed by atoms with Crippen LogP contribution in [0.2, 0.25) is 0 Å². The lowest BCUT2D eigenvalue weighted by Gasteiger charge is -2.27. The fourth-order valence-electron chi connectivity index (χ4n) is 1.88. The number of ether oxygens (including phenoxy) is 1. The second-order valence-electron chi connectivity index (χ2n) is 5.22. The molecule has 0 aromatic rings. The molecule has 1 saturated heterocycles. The molecule has 0 radical (unpaired) electrons. The predicted molar refractivity (Wildman–Crippen MR) is 65.6 cm³/mol. The Balaban J connectivity index is 2.09. The van der Waals surface area contributed by atoms with E-state index in [0.717, 1.165) is 32.0 Å². The van der Waals surface area contributed by atoms with Crippen LogP contribution in [-0.4, -0.2) is 31.7 Å². The van der Waals surface area contributed by atoms with Crippen molar-refractivity contribution < 1.29 is 4.74 Å². The zero-order valence-electron chi connectivity index (χ0n) is 10.0. The minimum atomic E-state index is 0.302. The number of halogens is 1. The summed E-state index contributed by atoms with van der Waals surface area (Å²) in [5.74, 6) is 0.745. The molecule has 0 bridgehead atoms. The number of hydrogen-bond donors (Lipinski definition) is 1. The molecule has 1 aliphatic rings. The molecule has 1 atom stereocenters. The summed E-state index contributed by atoms with van der Waals surface area (Å²) in [6, 6.07) is 0. The highest BCUT2D eigenvalue weighted by Gasteiger charge is 2.18. The number of alkyl halides is 1. The standard InChI is InChI=1S/C12H24ClNO/c1-12(2,6-7-13)10-14-9-11-5-3-4-8-15-11/h11,14H,3-10H2,1-2H3. The first-order chi connectivity index (χ1) is 7.14. The molecular weight excluding hydrogens is 210 g/mol. The third-order valence-corrected chi connectivity index (χ3v) is 3.21. The number of rotatable bonds is 6. The van der Waals surface area contributed by atoms with Crippen molar-refractivity contribution in [1.29, 1.82) is 0 Å². The van der Waals surface area contributed by atoms with Gasteiger partial charge in [-0.1, -0.05) is 13.8 Å². The molecule has 0 aromatic heterocycles. The summed E-state index contributed by atoms with van der Waals surface area (Å²) in [7, 11) is 0. The zero-order valence-corrected chi connectivity index (χ0v) is 10.8. The molecule has 0 saturated carbocycles. The molecule has 1 aliphatic heterocycles. The van der Waals surface area contributed by atoms with E-state index in [9.17, 15) is 0 Å². The largest absolute Gasteiger partial charge is 0.377 e. The Labute approximate surface area is 98.7 Å². The first kappa shape index (κ1) is 13.3. The van der Waals surface area contributed by atoms with Gasteiger partial charge in [0.05, 0.1) is 6.10 Å². The first-order valence-corrected chi connectivity index (χ1v) is 6.56. The maximum Gasteiger partial charge on any atom is 0.0699 e. The summed E-state index contributed by atoms with van der Waals surface area (Å²) < 4.78 is 5.66. The molecule has 0 aromatic carbocycles. The molecule has 2 nitrogen and oxygen atoms in total. The fraction of sp³-hybridized carbons (Fsp3) is 1.00. The van der Waals surface area contributed by atoms with Gasteiger partial charge in [0, 0.05) is 25.6 Å². The molecule has 0 amide bonds. The molecule has 1 unspecified atom stereocenters. The van der Waals surface area contributed by atoms with Crippen LogP contribution in [-0.2, 0) is 4.74 Å². The Morgan fingerprint density at radius 3 is 2.80 bits per heavy atom. The van der Waals surface area contributed by atoms with E-state index >= 15 is 0 Å². The van der Waals surface area contributed by atoms with Crippen LogP contribution in [0.5, 0.6) is 0 Å². The van der Waals surface area contributed by atoms with Crippen molar-refractivity contribution >= 4 is 11.6 Å². The van der Waals surface area contributed by atoms with Crippen LogP contribution in [0.4, 0.5) is 0 Å². The third-order valence-electron chi connectivity index (χ3n) is 3.02. The minimum absolute atomic E-state index is 0.302. The van der Waals surface area contributed by atoms with Crippen LogP contribution in [0.15, 0.2) is 0 Å². The van der Waals surface area contributed by atoms with Crippen molar-refractivity contribution in [2.75, 3.05) is 25.6 Å². The van der Waals surface area contributed by atoms with E-state index in [4.69, 9.17) is 16.3 Å². The van der Waals surface area contributed by atoms with E-state index in [1.807, 2.05) is 0 Å². The number of hydrogen-bond acceptors (Lipinski definition) is 2. The topological polar surface area (TPSA) is 21.3 Å². The maximum absolute atomic E-state index is 5.76. The molecule has 1 heterocycles. The lowest BCUT2D eigenvalue weighted by atomic mass is 9.90. The van der Waals surface area contributed by atoms with E-state index in [0.29, 0.717) is 11.5 Å². The summed E-state index contributed by atoms with van der Waals surface area (Å²) in [6.45, 7) is 7.47. The molecule has 1 N–H and O–H groups in total. The summed E-state index contributed by atoms with van der Waals surface area (Å²) in [5.41, 5.74) is 0.302. The second kappa shape index (κ2) is 6.72. The summed E-state index contributed by atoms with van der Waals surface area (Å²) >= 11 is 5.76. The van der Waals surface area contributed by atoms with Crippen molar-refractivity contribution in [3.05, 3.63) is 0 Å². The van der Waals surface area contributed by atoms with Gasteiger partial charge in [-0.3, -0.25) is 0 Å². The smallest absolute Gasteiger partial charge is 0.0699 e. The predicted octanol–water partition coefficient (Wildman–Crippen LogP) is 2.80. The highest BCUT2D eigenvalue weighted by molar-refractivity contribution is 6.17. The summed E-state index contributed by atoms with van der Waals surface area (Å²) in [6.07, 6.45) is 5.26. The van der Waals surface area contributed by atoms with Crippen LogP contribution in [0, 0.1) is 5.41 Å². The molecule has 1 rings (SSSR count). The lowest BCUT2D eigenvalue weighted by Crippen LogP contribution is -2.37. The van der Waals surface area contributed by atoms with Crippen molar-refractivity contribution in [1.82, 2.24) is 5.32 Å². The Hall–Kier alpha value is 0.210. The highest BCUT2D eigenvalue weighted by Crippen LogP contribution is 2.19. The van der Waals surface area contributed by atoms with E-state index < -0.39 is 0 Å². The van der Waals surface area contributed by atoms with Gasteiger partial charge in [0.15, 0.2) is 0 Å². The van der Waals surface area contributed by atoms with E-state index in [-0.39, 0.29) is 0 Å². The van der Waals surface area contributed by atoms with Crippen molar-refractivity contribution in [2.24, 2.45) is 5.41 Å². The van der Waals surface area contributed by atoms with Gasteiger partial charge in [0.1, 0.15) is 0 Å². The van der Waals surface area contributed by atoms with Crippen LogP contribution in [0.1, 0.15) is 39.5 Å². The Morgan fingerprint density at radius 2 is 2.20 bits per heavy atom. The van der Waals surface area contributed by atoms with Crippen molar-refractivity contribution in [3.63, 3.8) is 0 Å². The van der Waals surface area contributed by atoms with Gasteiger partial charge in [-0.05, 0) is 31.1 Å². The van der Waals surface area contributed by atoms with Gasteiger partial charge >= 0.3 is 0 Å². The SMILES string of the molecule is CC(C)(CCCl)CNCC1CCCCO1. The average molecular weight is 234 g/mol. The zero-order chi connectivity index (χ0) is 11.1. The molecule has 0 aliphatic carbocycles. The molecule has 15 heavy (non-hydrogen) atoms. The van der Waals surface area contributed by atoms with Gasteiger partial charge < -0.3 is 10.1 Å². The molecule has 1 fully saturated rings. The monoisotopic (exact) mass is 233 g/mol. The Kier molecular flexibility index (Phi) is 5.95. The van der Waals surface area contributed by atoms with Gasteiger partial charge in [0.2, 0.25) is 0 Å². The molecule has 3 heteroatoms. The quantitative estimate of drug-likeness (QED) is 0.713. The van der Waals surface area contributed by atoms with Gasteiger partial charge in [-0.25, -0.2) is 0 Å². The summed E-state index contributed by atoms with van der Waals surface area (Å²) in [4.78, 5) is 0. The number of nitrogens with one attached hydrogen (secondary N) is 1. The minimum Gasteiger partial charge on any atom is -0.377 e. The van der Waals surface area contributed by atoms with E-state index in [1.54, 1.807) is 0 Å². The van der Waals surface area contributed by atoms with Crippen LogP contribution < -0.4 is 5.32 Å². The fourth-order valence-corrected chi connectivity index (χ4v) is 2.40. The third kappa shape index (κ3) is 5.74. The Morgan fingerprint density at radius 1 is 1.40 bits per heavy atom. The maximum atomic E-state index is 5.76. The summed E-state index contributed by atoms with van der Waals surface area (Å²) in [5, 5.41) is 3.50. The van der Waals surface area contributed by atoms with Crippen LogP contribution >= 0.6 is 11.6 Å². The lowest BCUT2D eigenvalue weighted by molar-refractivity contribution is 0.0157. The van der Waals surface area contributed by atoms with Gasteiger partial charge in [-0.15, -0.1) is 11.6 Å². The van der Waals surface area contributed by atoms with Crippen LogP contribution in [0.25, 0.3) is 0 Å². The Bertz CT molecular complexity index is 167. The first-order valence-electron chi connectivity index (χ1n) is 6.02. The van der Waals surface area contributed by atoms with E-state index in [1.165, 1.54) is 19.3 Å². The van der Waals surface area contributed by atoms with E-state index in [2.05, 4.69) is 19.2 Å². The van der Waals surface area contributed by atoms with Crippen LogP contribution in [0.3, 0.4) is 0 Å². The second-order valence-corrected chi connectivity index (χ2v) is 5.60.